The van der Waals surface area contributed by atoms with Crippen LogP contribution in [0.5, 0.6) is 0 Å². The minimum atomic E-state index is -0.848. The summed E-state index contributed by atoms with van der Waals surface area (Å²) in [6.45, 7) is 0.367. The first-order chi connectivity index (χ1) is 9.16. The molecule has 2 aromatic heterocycles. The third-order valence-electron chi connectivity index (χ3n) is 3.27. The molecule has 1 saturated heterocycles. The van der Waals surface area contributed by atoms with Crippen LogP contribution in [-0.4, -0.2) is 50.9 Å². The molecule has 0 aliphatic carbocycles. The minimum absolute atomic E-state index is 0.144. The lowest BCUT2D eigenvalue weighted by atomic mass is 10.3. The second kappa shape index (κ2) is 4.80. The molecule has 0 bridgehead atoms. The number of rotatable bonds is 2. The van der Waals surface area contributed by atoms with Gasteiger partial charge in [0.25, 0.3) is 5.91 Å². The van der Waals surface area contributed by atoms with Crippen LogP contribution < -0.4 is 0 Å². The van der Waals surface area contributed by atoms with Crippen molar-refractivity contribution in [2.75, 3.05) is 13.1 Å². The maximum atomic E-state index is 12.4. The van der Waals surface area contributed by atoms with E-state index in [4.69, 9.17) is 0 Å². The summed E-state index contributed by atoms with van der Waals surface area (Å²) in [6, 6.07) is 5.69. The number of amides is 1. The SMILES string of the molecule is O=C(c1sccc1-n1cccc1)N1C[C@@H](O)[C@@H](O)C1. The number of thiophene rings is 1. The Morgan fingerprint density at radius 1 is 1.21 bits per heavy atom. The van der Waals surface area contributed by atoms with Crippen molar-refractivity contribution in [3.05, 3.63) is 40.8 Å². The van der Waals surface area contributed by atoms with Gasteiger partial charge in [-0.05, 0) is 23.6 Å². The Kier molecular flexibility index (Phi) is 3.14. The highest BCUT2D eigenvalue weighted by molar-refractivity contribution is 7.12. The molecule has 0 radical (unpaired) electrons. The number of β-amino-alcohol motifs (C(OH)–C–C–N with tert-alkyl or cyclic N) is 2. The fourth-order valence-corrected chi connectivity index (χ4v) is 3.10. The number of carbonyl (C=O) groups is 1. The van der Waals surface area contributed by atoms with Crippen LogP contribution in [0.25, 0.3) is 5.69 Å². The van der Waals surface area contributed by atoms with Gasteiger partial charge in [0.2, 0.25) is 0 Å². The largest absolute Gasteiger partial charge is 0.388 e. The molecule has 5 nitrogen and oxygen atoms in total. The zero-order valence-corrected chi connectivity index (χ0v) is 11.0. The summed E-state index contributed by atoms with van der Waals surface area (Å²) < 4.78 is 1.88. The topological polar surface area (TPSA) is 65.7 Å². The summed E-state index contributed by atoms with van der Waals surface area (Å²) in [6.07, 6.45) is 2.07. The molecule has 2 N–H and O–H groups in total. The number of aliphatic hydroxyl groups excluding tert-OH is 2. The minimum Gasteiger partial charge on any atom is -0.388 e. The van der Waals surface area contributed by atoms with Crippen LogP contribution in [0, 0.1) is 0 Å². The number of aliphatic hydroxyl groups is 2. The van der Waals surface area contributed by atoms with Crippen molar-refractivity contribution < 1.29 is 15.0 Å². The van der Waals surface area contributed by atoms with Gasteiger partial charge in [-0.1, -0.05) is 0 Å². The third kappa shape index (κ3) is 2.18. The van der Waals surface area contributed by atoms with Crippen molar-refractivity contribution >= 4 is 17.2 Å². The van der Waals surface area contributed by atoms with Crippen LogP contribution in [-0.2, 0) is 0 Å². The second-order valence-corrected chi connectivity index (χ2v) is 5.49. The Labute approximate surface area is 114 Å². The van der Waals surface area contributed by atoms with Crippen molar-refractivity contribution in [2.24, 2.45) is 0 Å². The predicted octanol–water partition coefficient (Wildman–Crippen LogP) is 0.716. The molecule has 1 aliphatic rings. The highest BCUT2D eigenvalue weighted by Gasteiger charge is 2.34. The number of carbonyl (C=O) groups excluding carboxylic acids is 1. The van der Waals surface area contributed by atoms with Crippen molar-refractivity contribution in [2.45, 2.75) is 12.2 Å². The van der Waals surface area contributed by atoms with Crippen LogP contribution in [0.3, 0.4) is 0 Å². The van der Waals surface area contributed by atoms with Gasteiger partial charge in [-0.3, -0.25) is 4.79 Å². The van der Waals surface area contributed by atoms with E-state index in [1.807, 2.05) is 40.5 Å². The monoisotopic (exact) mass is 278 g/mol. The molecule has 1 fully saturated rings. The Morgan fingerprint density at radius 3 is 2.47 bits per heavy atom. The lowest BCUT2D eigenvalue weighted by Gasteiger charge is -2.15. The van der Waals surface area contributed by atoms with Crippen LogP contribution in [0.1, 0.15) is 9.67 Å². The summed E-state index contributed by atoms with van der Waals surface area (Å²) in [5.74, 6) is -0.144. The van der Waals surface area contributed by atoms with E-state index in [-0.39, 0.29) is 19.0 Å². The molecule has 0 spiro atoms. The van der Waals surface area contributed by atoms with Gasteiger partial charge in [0.1, 0.15) is 4.88 Å². The lowest BCUT2D eigenvalue weighted by molar-refractivity contribution is 0.0572. The first-order valence-corrected chi connectivity index (χ1v) is 6.91. The molecule has 1 amide bonds. The molecule has 0 unspecified atom stereocenters. The smallest absolute Gasteiger partial charge is 0.266 e. The van der Waals surface area contributed by atoms with Gasteiger partial charge in [0.15, 0.2) is 0 Å². The maximum Gasteiger partial charge on any atom is 0.266 e. The molecule has 1 aliphatic heterocycles. The number of hydrogen-bond acceptors (Lipinski definition) is 4. The Hall–Kier alpha value is -1.63. The van der Waals surface area contributed by atoms with E-state index in [1.165, 1.54) is 16.2 Å². The fraction of sp³-hybridized carbons (Fsp3) is 0.308. The first kappa shape index (κ1) is 12.4. The number of hydrogen-bond donors (Lipinski definition) is 2. The molecule has 2 aromatic rings. The van der Waals surface area contributed by atoms with E-state index in [0.29, 0.717) is 4.88 Å². The van der Waals surface area contributed by atoms with Crippen molar-refractivity contribution in [3.8, 4) is 5.69 Å². The fourth-order valence-electron chi connectivity index (χ4n) is 2.24. The Balaban J connectivity index is 1.87. The van der Waals surface area contributed by atoms with E-state index in [2.05, 4.69) is 0 Å². The van der Waals surface area contributed by atoms with E-state index in [0.717, 1.165) is 5.69 Å². The van der Waals surface area contributed by atoms with Crippen LogP contribution in [0.2, 0.25) is 0 Å². The first-order valence-electron chi connectivity index (χ1n) is 6.03. The van der Waals surface area contributed by atoms with Gasteiger partial charge >= 0.3 is 0 Å². The van der Waals surface area contributed by atoms with Gasteiger partial charge in [0.05, 0.1) is 17.9 Å². The highest BCUT2D eigenvalue weighted by Crippen LogP contribution is 2.24. The van der Waals surface area contributed by atoms with Crippen molar-refractivity contribution in [1.29, 1.82) is 0 Å². The van der Waals surface area contributed by atoms with Crippen LogP contribution in [0.15, 0.2) is 36.0 Å². The predicted molar refractivity (Wildman–Crippen MR) is 71.6 cm³/mol. The van der Waals surface area contributed by atoms with Gasteiger partial charge in [0, 0.05) is 25.5 Å². The summed E-state index contributed by atoms with van der Waals surface area (Å²) in [5, 5.41) is 20.9. The van der Waals surface area contributed by atoms with Crippen molar-refractivity contribution in [3.63, 3.8) is 0 Å². The summed E-state index contributed by atoms with van der Waals surface area (Å²) in [5.41, 5.74) is 0.830. The molecule has 19 heavy (non-hydrogen) atoms. The molecule has 2 atom stereocenters. The van der Waals surface area contributed by atoms with Crippen LogP contribution >= 0.6 is 11.3 Å². The summed E-state index contributed by atoms with van der Waals surface area (Å²) in [7, 11) is 0. The molecule has 3 rings (SSSR count). The molecule has 100 valence electrons. The van der Waals surface area contributed by atoms with E-state index < -0.39 is 12.2 Å². The van der Waals surface area contributed by atoms with E-state index >= 15 is 0 Å². The zero-order chi connectivity index (χ0) is 13.4. The number of aromatic nitrogens is 1. The number of nitrogens with zero attached hydrogens (tertiary/aromatic N) is 2. The standard InChI is InChI=1S/C13H14N2O3S/c16-10-7-15(8-11(10)17)13(18)12-9(3-6-19-12)14-4-1-2-5-14/h1-6,10-11,16-17H,7-8H2/t10-,11+. The molecular weight excluding hydrogens is 264 g/mol. The van der Waals surface area contributed by atoms with Gasteiger partial charge in [-0.15, -0.1) is 11.3 Å². The molecule has 0 aromatic carbocycles. The third-order valence-corrected chi connectivity index (χ3v) is 4.16. The lowest BCUT2D eigenvalue weighted by Crippen LogP contribution is -2.29. The normalized spacial score (nSPS) is 22.9. The van der Waals surface area contributed by atoms with E-state index in [9.17, 15) is 15.0 Å². The average Bonchev–Trinajstić information content (AvgIpc) is 3.09. The number of likely N-dealkylation sites (tertiary alicyclic amines) is 1. The Bertz CT molecular complexity index is 568. The van der Waals surface area contributed by atoms with Crippen LogP contribution in [0.4, 0.5) is 0 Å². The average molecular weight is 278 g/mol. The molecule has 6 heteroatoms. The summed E-state index contributed by atoms with van der Waals surface area (Å²) in [4.78, 5) is 14.5. The molecular formula is C13H14N2O3S. The molecule has 0 saturated carbocycles. The van der Waals surface area contributed by atoms with Gasteiger partial charge < -0.3 is 19.7 Å². The highest BCUT2D eigenvalue weighted by atomic mass is 32.1. The van der Waals surface area contributed by atoms with Crippen molar-refractivity contribution in [1.82, 2.24) is 9.47 Å². The zero-order valence-electron chi connectivity index (χ0n) is 10.1. The quantitative estimate of drug-likeness (QED) is 0.850. The van der Waals surface area contributed by atoms with E-state index in [1.54, 1.807) is 0 Å². The van der Waals surface area contributed by atoms with Gasteiger partial charge in [-0.2, -0.15) is 0 Å². The Morgan fingerprint density at radius 2 is 1.84 bits per heavy atom. The maximum absolute atomic E-state index is 12.4. The van der Waals surface area contributed by atoms with Gasteiger partial charge in [-0.25, -0.2) is 0 Å². The second-order valence-electron chi connectivity index (χ2n) is 4.57. The summed E-state index contributed by atoms with van der Waals surface area (Å²) >= 11 is 1.37. The molecule has 3 heterocycles.